The van der Waals surface area contributed by atoms with Crippen molar-refractivity contribution in [2.45, 2.75) is 64.2 Å². The Hall–Kier alpha value is -0.550. The fourth-order valence-electron chi connectivity index (χ4n) is 3.21. The number of nitriles is 1. The zero-order valence-corrected chi connectivity index (χ0v) is 9.96. The van der Waals surface area contributed by atoms with E-state index in [2.05, 4.69) is 6.57 Å². The van der Waals surface area contributed by atoms with Crippen LogP contribution in [0, 0.1) is 23.7 Å². The van der Waals surface area contributed by atoms with Crippen LogP contribution < -0.4 is 6.15 Å². The van der Waals surface area contributed by atoms with Gasteiger partial charge < -0.3 is 6.15 Å². The van der Waals surface area contributed by atoms with Gasteiger partial charge in [-0.25, -0.2) is 5.26 Å². The average molecular weight is 210 g/mol. The topological polar surface area (TPSA) is 58.8 Å². The van der Waals surface area contributed by atoms with E-state index in [4.69, 9.17) is 5.26 Å². The summed E-state index contributed by atoms with van der Waals surface area (Å²) in [7, 11) is 0. The summed E-state index contributed by atoms with van der Waals surface area (Å²) < 4.78 is 0. The highest BCUT2D eigenvalue weighted by Crippen LogP contribution is 2.37. The van der Waals surface area contributed by atoms with Crippen molar-refractivity contribution in [3.63, 3.8) is 0 Å². The lowest BCUT2D eigenvalue weighted by atomic mass is 9.73. The van der Waals surface area contributed by atoms with Crippen LogP contribution in [0.4, 0.5) is 0 Å². The van der Waals surface area contributed by atoms with Crippen molar-refractivity contribution in [3.8, 4) is 6.57 Å². The maximum absolute atomic E-state index is 6.50. The molecule has 0 amide bonds. The molecule has 3 N–H and O–H groups in total. The van der Waals surface area contributed by atoms with Crippen LogP contribution >= 0.6 is 0 Å². The summed E-state index contributed by atoms with van der Waals surface area (Å²) in [5.41, 5.74) is 0. The first-order chi connectivity index (χ1) is 6.97. The van der Waals surface area contributed by atoms with Crippen LogP contribution in [0.5, 0.6) is 0 Å². The van der Waals surface area contributed by atoms with Gasteiger partial charge in [-0.1, -0.05) is 64.2 Å². The molecule has 0 spiro atoms. The molecule has 2 aliphatic rings. The summed E-state index contributed by atoms with van der Waals surface area (Å²) >= 11 is 0. The molecule has 15 heavy (non-hydrogen) atoms. The van der Waals surface area contributed by atoms with Crippen molar-refractivity contribution >= 4 is 0 Å². The highest BCUT2D eigenvalue weighted by molar-refractivity contribution is 4.76. The summed E-state index contributed by atoms with van der Waals surface area (Å²) in [5.74, 6) is 2.28. The monoisotopic (exact) mass is 210 g/mol. The smallest absolute Gasteiger partial charge is 0.0462 e. The van der Waals surface area contributed by atoms with Gasteiger partial charge in [0.15, 0.2) is 0 Å². The van der Waals surface area contributed by atoms with Crippen molar-refractivity contribution in [3.05, 3.63) is 0 Å². The van der Waals surface area contributed by atoms with Gasteiger partial charge in [0, 0.05) is 6.57 Å². The van der Waals surface area contributed by atoms with Gasteiger partial charge in [-0.2, -0.15) is 0 Å². The minimum atomic E-state index is 0. The Kier molecular flexibility index (Phi) is 8.41. The number of nitrogens with zero attached hydrogens (tertiary/aromatic N) is 1. The third-order valence-corrected chi connectivity index (χ3v) is 3.97. The first-order valence-electron chi connectivity index (χ1n) is 6.22. The third-order valence-electron chi connectivity index (χ3n) is 3.97. The van der Waals surface area contributed by atoms with E-state index in [1.54, 1.807) is 25.7 Å². The molecule has 2 saturated carbocycles. The molecule has 2 rings (SSSR count). The standard InChI is InChI=1S/C12H22.CHN.H3N/c1-3-7-11(8-4-1)12-9-5-2-6-10-12;1-2;/h11-12H,1-10H2;1H;1H3. The van der Waals surface area contributed by atoms with Gasteiger partial charge >= 0.3 is 0 Å². The molecule has 2 fully saturated rings. The second-order valence-electron chi connectivity index (χ2n) is 4.80. The molecule has 0 aliphatic heterocycles. The van der Waals surface area contributed by atoms with Crippen molar-refractivity contribution in [2.24, 2.45) is 11.8 Å². The number of hydrogen-bond donors (Lipinski definition) is 1. The predicted molar refractivity (Wildman–Crippen MR) is 64.8 cm³/mol. The van der Waals surface area contributed by atoms with Gasteiger partial charge in [0.1, 0.15) is 0 Å². The van der Waals surface area contributed by atoms with E-state index in [-0.39, 0.29) is 6.15 Å². The van der Waals surface area contributed by atoms with Gasteiger partial charge in [0.2, 0.25) is 0 Å². The van der Waals surface area contributed by atoms with E-state index in [0.717, 1.165) is 11.8 Å². The summed E-state index contributed by atoms with van der Waals surface area (Å²) in [4.78, 5) is 0. The zero-order chi connectivity index (χ0) is 10.2. The Morgan fingerprint density at radius 1 is 0.600 bits per heavy atom. The normalized spacial score (nSPS) is 23.3. The lowest BCUT2D eigenvalue weighted by Crippen LogP contribution is -2.20. The number of rotatable bonds is 1. The predicted octanol–water partition coefficient (Wildman–Crippen LogP) is 4.45. The van der Waals surface area contributed by atoms with Crippen LogP contribution in [-0.4, -0.2) is 0 Å². The molecular formula is C13H26N2. The van der Waals surface area contributed by atoms with Crippen LogP contribution in [0.1, 0.15) is 64.2 Å². The molecule has 0 atom stereocenters. The molecular weight excluding hydrogens is 184 g/mol. The van der Waals surface area contributed by atoms with Crippen molar-refractivity contribution in [2.75, 3.05) is 0 Å². The van der Waals surface area contributed by atoms with E-state index >= 15 is 0 Å². The first-order valence-corrected chi connectivity index (χ1v) is 6.22. The van der Waals surface area contributed by atoms with Gasteiger partial charge in [-0.3, -0.25) is 0 Å². The van der Waals surface area contributed by atoms with Crippen LogP contribution in [0.15, 0.2) is 0 Å². The summed E-state index contributed by atoms with van der Waals surface area (Å²) in [6.07, 6.45) is 15.4. The largest absolute Gasteiger partial charge is 0.344 e. The Morgan fingerprint density at radius 3 is 1.13 bits per heavy atom. The van der Waals surface area contributed by atoms with Crippen LogP contribution in [0.2, 0.25) is 0 Å². The van der Waals surface area contributed by atoms with Crippen LogP contribution in [-0.2, 0) is 0 Å². The first kappa shape index (κ1) is 14.5. The SMILES string of the molecule is C#N.C1CCC(C2CCCCC2)CC1.N. The number of hydrogen-bond acceptors (Lipinski definition) is 2. The van der Waals surface area contributed by atoms with Gasteiger partial charge in [0.25, 0.3) is 0 Å². The minimum Gasteiger partial charge on any atom is -0.344 e. The molecule has 0 radical (unpaired) electrons. The quantitative estimate of drug-likeness (QED) is 0.695. The molecule has 2 nitrogen and oxygen atoms in total. The van der Waals surface area contributed by atoms with Crippen molar-refractivity contribution in [1.82, 2.24) is 6.15 Å². The van der Waals surface area contributed by atoms with Gasteiger partial charge in [-0.15, -0.1) is 0 Å². The second kappa shape index (κ2) is 8.73. The summed E-state index contributed by atoms with van der Waals surface area (Å²) in [5, 5.41) is 6.50. The van der Waals surface area contributed by atoms with E-state index < -0.39 is 0 Å². The minimum absolute atomic E-state index is 0. The van der Waals surface area contributed by atoms with E-state index in [9.17, 15) is 0 Å². The fourth-order valence-corrected chi connectivity index (χ4v) is 3.21. The van der Waals surface area contributed by atoms with Crippen LogP contribution in [0.3, 0.4) is 0 Å². The van der Waals surface area contributed by atoms with E-state index in [1.807, 2.05) is 0 Å². The maximum atomic E-state index is 6.50. The molecule has 0 bridgehead atoms. The Morgan fingerprint density at radius 2 is 0.867 bits per heavy atom. The molecule has 0 unspecified atom stereocenters. The van der Waals surface area contributed by atoms with Gasteiger partial charge in [-0.05, 0) is 11.8 Å². The molecule has 0 aromatic rings. The van der Waals surface area contributed by atoms with Crippen molar-refractivity contribution in [1.29, 1.82) is 5.26 Å². The molecule has 0 saturated heterocycles. The van der Waals surface area contributed by atoms with Gasteiger partial charge in [0.05, 0.1) is 0 Å². The third kappa shape index (κ3) is 4.66. The highest BCUT2D eigenvalue weighted by atomic mass is 14.3. The zero-order valence-electron chi connectivity index (χ0n) is 9.96. The lowest BCUT2D eigenvalue weighted by molar-refractivity contribution is 0.196. The van der Waals surface area contributed by atoms with E-state index in [0.29, 0.717) is 0 Å². The highest BCUT2D eigenvalue weighted by Gasteiger charge is 2.24. The van der Waals surface area contributed by atoms with Crippen molar-refractivity contribution < 1.29 is 0 Å². The average Bonchev–Trinajstić information content (AvgIpc) is 2.34. The Bertz CT molecular complexity index is 137. The Labute approximate surface area is 94.6 Å². The maximum Gasteiger partial charge on any atom is 0.0462 e. The Balaban J connectivity index is 0.000000617. The molecule has 2 heteroatoms. The fraction of sp³-hybridized carbons (Fsp3) is 0.923. The summed E-state index contributed by atoms with van der Waals surface area (Å²) in [6.45, 7) is 3.50. The lowest BCUT2D eigenvalue weighted by Gasteiger charge is -2.32. The van der Waals surface area contributed by atoms with E-state index in [1.165, 1.54) is 38.5 Å². The van der Waals surface area contributed by atoms with Crippen LogP contribution in [0.25, 0.3) is 0 Å². The molecule has 0 heterocycles. The second-order valence-corrected chi connectivity index (χ2v) is 4.80. The molecule has 0 aromatic heterocycles. The molecule has 0 aromatic carbocycles. The molecule has 2 aliphatic carbocycles. The molecule has 88 valence electrons. The summed E-state index contributed by atoms with van der Waals surface area (Å²) in [6, 6.07) is 0.